The number of amides is 1. The van der Waals surface area contributed by atoms with Crippen LogP contribution >= 0.6 is 23.1 Å². The molecule has 0 radical (unpaired) electrons. The first kappa shape index (κ1) is 18.7. The van der Waals surface area contributed by atoms with E-state index < -0.39 is 0 Å². The van der Waals surface area contributed by atoms with Crippen molar-refractivity contribution in [3.05, 3.63) is 52.1 Å². The smallest absolute Gasteiger partial charge is 0.276 e. The molecule has 1 atom stereocenters. The van der Waals surface area contributed by atoms with Crippen molar-refractivity contribution in [3.8, 4) is 5.69 Å². The van der Waals surface area contributed by atoms with Crippen LogP contribution < -0.4 is 10.9 Å². The van der Waals surface area contributed by atoms with Crippen molar-refractivity contribution < 1.29 is 4.79 Å². The number of carbonyl (C=O) groups excluding carboxylic acids is 1. The molecule has 2 aromatic heterocycles. The Balaban J connectivity index is 1.92. The number of benzene rings is 1. The first-order valence-electron chi connectivity index (χ1n) is 8.45. The van der Waals surface area contributed by atoms with Crippen molar-refractivity contribution >= 4 is 39.2 Å². The molecule has 0 aliphatic carbocycles. The second-order valence-electron chi connectivity index (χ2n) is 6.39. The Bertz CT molecular complexity index is 964. The molecule has 2 heterocycles. The highest BCUT2D eigenvalue weighted by Gasteiger charge is 2.16. The number of hydrogen-bond donors (Lipinski definition) is 1. The molecule has 1 aromatic carbocycles. The Morgan fingerprint density at radius 1 is 1.23 bits per heavy atom. The van der Waals surface area contributed by atoms with Gasteiger partial charge in [-0.1, -0.05) is 43.8 Å². The lowest BCUT2D eigenvalue weighted by Crippen LogP contribution is -2.37. The van der Waals surface area contributed by atoms with Crippen LogP contribution in [0.2, 0.25) is 0 Å². The van der Waals surface area contributed by atoms with E-state index in [1.165, 1.54) is 23.1 Å². The molecule has 0 aliphatic rings. The molecule has 1 amide bonds. The van der Waals surface area contributed by atoms with Gasteiger partial charge in [-0.25, -0.2) is 4.98 Å². The van der Waals surface area contributed by atoms with Crippen molar-refractivity contribution in [1.29, 1.82) is 0 Å². The normalized spacial score (nSPS) is 12.5. The molecule has 0 saturated heterocycles. The molecule has 0 spiro atoms. The van der Waals surface area contributed by atoms with Gasteiger partial charge in [-0.15, -0.1) is 11.3 Å². The average molecular weight is 388 g/mol. The van der Waals surface area contributed by atoms with E-state index in [1.54, 1.807) is 4.57 Å². The summed E-state index contributed by atoms with van der Waals surface area (Å²) >= 11 is 2.66. The number of rotatable bonds is 6. The van der Waals surface area contributed by atoms with Crippen LogP contribution in [-0.4, -0.2) is 27.3 Å². The van der Waals surface area contributed by atoms with Crippen molar-refractivity contribution in [3.63, 3.8) is 0 Å². The van der Waals surface area contributed by atoms with Crippen molar-refractivity contribution in [2.24, 2.45) is 5.92 Å². The molecular weight excluding hydrogens is 366 g/mol. The number of hydrogen-bond acceptors (Lipinski definition) is 5. The minimum absolute atomic E-state index is 0.0597. The lowest BCUT2D eigenvalue weighted by Gasteiger charge is -2.17. The number of fused-ring (bicyclic) bond motifs is 1. The van der Waals surface area contributed by atoms with Gasteiger partial charge in [0.1, 0.15) is 4.70 Å². The third kappa shape index (κ3) is 3.99. The van der Waals surface area contributed by atoms with Crippen molar-refractivity contribution in [1.82, 2.24) is 14.9 Å². The lowest BCUT2D eigenvalue weighted by molar-refractivity contribution is -0.119. The lowest BCUT2D eigenvalue weighted by atomic mass is 10.1. The number of aromatic nitrogens is 2. The van der Waals surface area contributed by atoms with E-state index in [-0.39, 0.29) is 23.3 Å². The predicted molar refractivity (Wildman–Crippen MR) is 108 cm³/mol. The second kappa shape index (κ2) is 8.05. The highest BCUT2D eigenvalue weighted by molar-refractivity contribution is 7.99. The average Bonchev–Trinajstić information content (AvgIpc) is 3.09. The Hall–Kier alpha value is -2.12. The maximum atomic E-state index is 12.9. The zero-order valence-corrected chi connectivity index (χ0v) is 16.6. The zero-order valence-electron chi connectivity index (χ0n) is 14.9. The topological polar surface area (TPSA) is 64.0 Å². The first-order chi connectivity index (χ1) is 12.5. The summed E-state index contributed by atoms with van der Waals surface area (Å²) < 4.78 is 2.21. The first-order valence-corrected chi connectivity index (χ1v) is 10.3. The van der Waals surface area contributed by atoms with Crippen LogP contribution in [0.25, 0.3) is 15.9 Å². The summed E-state index contributed by atoms with van der Waals surface area (Å²) in [6, 6.07) is 11.3. The van der Waals surface area contributed by atoms with Crippen LogP contribution in [-0.2, 0) is 4.79 Å². The highest BCUT2D eigenvalue weighted by Crippen LogP contribution is 2.23. The monoisotopic (exact) mass is 387 g/mol. The maximum Gasteiger partial charge on any atom is 0.276 e. The van der Waals surface area contributed by atoms with Crippen LogP contribution in [0.5, 0.6) is 0 Å². The fourth-order valence-electron chi connectivity index (χ4n) is 2.39. The van der Waals surface area contributed by atoms with Crippen molar-refractivity contribution in [2.75, 3.05) is 5.75 Å². The van der Waals surface area contributed by atoms with E-state index in [2.05, 4.69) is 24.1 Å². The summed E-state index contributed by atoms with van der Waals surface area (Å²) in [4.78, 5) is 29.8. The molecule has 0 saturated carbocycles. The Morgan fingerprint density at radius 3 is 2.65 bits per heavy atom. The van der Waals surface area contributed by atoms with E-state index in [4.69, 9.17) is 0 Å². The minimum Gasteiger partial charge on any atom is -0.353 e. The predicted octanol–water partition coefficient (Wildman–Crippen LogP) is 3.70. The van der Waals surface area contributed by atoms with E-state index in [9.17, 15) is 9.59 Å². The fraction of sp³-hybridized carbons (Fsp3) is 0.316. The van der Waals surface area contributed by atoms with Gasteiger partial charge in [-0.05, 0) is 36.4 Å². The third-order valence-electron chi connectivity index (χ3n) is 4.18. The number of thiophene rings is 1. The van der Waals surface area contributed by atoms with Crippen LogP contribution in [0.15, 0.2) is 51.7 Å². The quantitative estimate of drug-likeness (QED) is 0.517. The largest absolute Gasteiger partial charge is 0.353 e. The summed E-state index contributed by atoms with van der Waals surface area (Å²) in [6.07, 6.45) is 0. The molecule has 0 fully saturated rings. The summed E-state index contributed by atoms with van der Waals surface area (Å²) in [5, 5.41) is 5.37. The van der Waals surface area contributed by atoms with E-state index in [1.807, 2.05) is 48.7 Å². The van der Waals surface area contributed by atoms with Crippen LogP contribution in [0.4, 0.5) is 0 Å². The number of nitrogens with zero attached hydrogens (tertiary/aromatic N) is 2. The van der Waals surface area contributed by atoms with Gasteiger partial charge in [0.05, 0.1) is 17.0 Å². The van der Waals surface area contributed by atoms with Gasteiger partial charge >= 0.3 is 0 Å². The maximum absolute atomic E-state index is 12.9. The van der Waals surface area contributed by atoms with Gasteiger partial charge in [0.15, 0.2) is 5.16 Å². The van der Waals surface area contributed by atoms with Gasteiger partial charge in [0.25, 0.3) is 5.56 Å². The standard InChI is InChI=1S/C19H21N3O2S2/c1-12(2)13(3)20-16(23)11-26-19-21-15-9-10-25-17(15)18(24)22(19)14-7-5-4-6-8-14/h4-10,12-13H,11H2,1-3H3,(H,20,23)/t13-/m0/s1. The minimum atomic E-state index is -0.102. The van der Waals surface area contributed by atoms with Gasteiger partial charge in [0.2, 0.25) is 5.91 Å². The molecular formula is C19H21N3O2S2. The third-order valence-corrected chi connectivity index (χ3v) is 6.01. The summed E-state index contributed by atoms with van der Waals surface area (Å²) in [6.45, 7) is 6.12. The molecule has 0 bridgehead atoms. The molecule has 136 valence electrons. The number of carbonyl (C=O) groups is 1. The molecule has 1 N–H and O–H groups in total. The number of para-hydroxylation sites is 1. The second-order valence-corrected chi connectivity index (χ2v) is 8.25. The Kier molecular flexibility index (Phi) is 5.78. The Labute approximate surface area is 160 Å². The molecule has 3 aromatic rings. The summed E-state index contributed by atoms with van der Waals surface area (Å²) in [7, 11) is 0. The van der Waals surface area contributed by atoms with E-state index in [0.29, 0.717) is 21.3 Å². The Morgan fingerprint density at radius 2 is 1.96 bits per heavy atom. The SMILES string of the molecule is CC(C)[C@H](C)NC(=O)CSc1nc2ccsc2c(=O)n1-c1ccccc1. The molecule has 0 aliphatic heterocycles. The van der Waals surface area contributed by atoms with Crippen LogP contribution in [0.1, 0.15) is 20.8 Å². The molecule has 0 unspecified atom stereocenters. The molecule has 3 rings (SSSR count). The number of thioether (sulfide) groups is 1. The van der Waals surface area contributed by atoms with E-state index in [0.717, 1.165) is 5.69 Å². The summed E-state index contributed by atoms with van der Waals surface area (Å²) in [5.41, 5.74) is 1.32. The van der Waals surface area contributed by atoms with Gasteiger partial charge < -0.3 is 5.32 Å². The van der Waals surface area contributed by atoms with Crippen LogP contribution in [0.3, 0.4) is 0 Å². The van der Waals surface area contributed by atoms with Crippen molar-refractivity contribution in [2.45, 2.75) is 32.0 Å². The van der Waals surface area contributed by atoms with Crippen LogP contribution in [0, 0.1) is 5.92 Å². The van der Waals surface area contributed by atoms with Gasteiger partial charge in [0, 0.05) is 6.04 Å². The fourth-order valence-corrected chi connectivity index (χ4v) is 3.97. The molecule has 26 heavy (non-hydrogen) atoms. The zero-order chi connectivity index (χ0) is 18.7. The van der Waals surface area contributed by atoms with Gasteiger partial charge in [-0.3, -0.25) is 14.2 Å². The summed E-state index contributed by atoms with van der Waals surface area (Å²) in [5.74, 6) is 0.522. The molecule has 7 heteroatoms. The number of nitrogens with one attached hydrogen (secondary N) is 1. The highest BCUT2D eigenvalue weighted by atomic mass is 32.2. The van der Waals surface area contributed by atoms with E-state index >= 15 is 0 Å². The molecule has 5 nitrogen and oxygen atoms in total. The van der Waals surface area contributed by atoms with Gasteiger partial charge in [-0.2, -0.15) is 0 Å².